The molecule has 0 amide bonds. The van der Waals surface area contributed by atoms with Crippen LogP contribution in [-0.2, 0) is 16.6 Å². The number of aliphatic hydroxyl groups excluding tert-OH is 1. The molecule has 1 aromatic rings. The average Bonchev–Trinajstić information content (AvgIpc) is 2.89. The first-order valence-electron chi connectivity index (χ1n) is 7.06. The molecule has 1 N–H and O–H groups in total. The summed E-state index contributed by atoms with van der Waals surface area (Å²) < 4.78 is 27.1. The van der Waals surface area contributed by atoms with Crippen LogP contribution >= 0.6 is 0 Å². The van der Waals surface area contributed by atoms with Crippen LogP contribution in [0.1, 0.15) is 31.4 Å². The average molecular weight is 297 g/mol. The summed E-state index contributed by atoms with van der Waals surface area (Å²) in [5, 5.41) is 9.19. The summed E-state index contributed by atoms with van der Waals surface area (Å²) in [7, 11) is -3.45. The van der Waals surface area contributed by atoms with Crippen molar-refractivity contribution in [3.8, 4) is 0 Å². The van der Waals surface area contributed by atoms with Gasteiger partial charge in [-0.2, -0.15) is 4.31 Å². The fourth-order valence-corrected chi connectivity index (χ4v) is 4.46. The number of rotatable bonds is 4. The lowest BCUT2D eigenvalue weighted by Crippen LogP contribution is -2.30. The molecule has 1 aliphatic rings. The highest BCUT2D eigenvalue weighted by atomic mass is 32.2. The van der Waals surface area contributed by atoms with Crippen molar-refractivity contribution in [2.75, 3.05) is 13.1 Å². The summed E-state index contributed by atoms with van der Waals surface area (Å²) in [5.74, 6) is 0.936. The molecule has 20 heavy (non-hydrogen) atoms. The van der Waals surface area contributed by atoms with E-state index in [9.17, 15) is 13.5 Å². The van der Waals surface area contributed by atoms with Gasteiger partial charge in [0.2, 0.25) is 10.0 Å². The van der Waals surface area contributed by atoms with Crippen LogP contribution in [0, 0.1) is 18.8 Å². The lowest BCUT2D eigenvalue weighted by Gasteiger charge is -2.19. The van der Waals surface area contributed by atoms with Crippen LogP contribution < -0.4 is 0 Å². The van der Waals surface area contributed by atoms with Gasteiger partial charge in [0, 0.05) is 13.1 Å². The highest BCUT2D eigenvalue weighted by Gasteiger charge is 2.34. The molecule has 1 fully saturated rings. The maximum Gasteiger partial charge on any atom is 0.243 e. The van der Waals surface area contributed by atoms with Crippen LogP contribution in [0.15, 0.2) is 23.1 Å². The zero-order chi connectivity index (χ0) is 14.9. The van der Waals surface area contributed by atoms with Gasteiger partial charge in [-0.25, -0.2) is 8.42 Å². The minimum atomic E-state index is -3.45. The van der Waals surface area contributed by atoms with Crippen LogP contribution in [0.3, 0.4) is 0 Å². The van der Waals surface area contributed by atoms with E-state index in [0.29, 0.717) is 35.4 Å². The van der Waals surface area contributed by atoms with Gasteiger partial charge in [0.1, 0.15) is 0 Å². The van der Waals surface area contributed by atoms with Crippen molar-refractivity contribution in [3.63, 3.8) is 0 Å². The molecule has 0 bridgehead atoms. The van der Waals surface area contributed by atoms with Crippen LogP contribution in [0.25, 0.3) is 0 Å². The maximum atomic E-state index is 12.7. The Hall–Kier alpha value is -0.910. The molecule has 5 heteroatoms. The third-order valence-corrected chi connectivity index (χ3v) is 6.19. The molecule has 1 saturated heterocycles. The Balaban J connectivity index is 2.32. The van der Waals surface area contributed by atoms with Crippen LogP contribution in [0.5, 0.6) is 0 Å². The number of hydrogen-bond donors (Lipinski definition) is 1. The summed E-state index contributed by atoms with van der Waals surface area (Å²) in [4.78, 5) is 0.327. The summed E-state index contributed by atoms with van der Waals surface area (Å²) in [6.07, 6.45) is 0.926. The molecule has 1 aromatic carbocycles. The molecule has 4 nitrogen and oxygen atoms in total. The molecule has 0 saturated carbocycles. The first kappa shape index (κ1) is 15.5. The zero-order valence-electron chi connectivity index (χ0n) is 12.3. The van der Waals surface area contributed by atoms with Crippen molar-refractivity contribution in [1.82, 2.24) is 4.31 Å². The summed E-state index contributed by atoms with van der Waals surface area (Å²) in [5.41, 5.74) is 1.36. The quantitative estimate of drug-likeness (QED) is 0.926. The van der Waals surface area contributed by atoms with E-state index in [1.807, 2.05) is 0 Å². The highest BCUT2D eigenvalue weighted by Crippen LogP contribution is 2.30. The van der Waals surface area contributed by atoms with E-state index in [0.717, 1.165) is 12.0 Å². The summed E-state index contributed by atoms with van der Waals surface area (Å²) in [6, 6.07) is 5.11. The topological polar surface area (TPSA) is 57.6 Å². The fourth-order valence-electron chi connectivity index (χ4n) is 2.68. The van der Waals surface area contributed by atoms with Gasteiger partial charge in [-0.1, -0.05) is 26.0 Å². The third kappa shape index (κ3) is 2.90. The number of nitrogens with zero attached hydrogens (tertiary/aromatic N) is 1. The summed E-state index contributed by atoms with van der Waals surface area (Å²) in [6.45, 7) is 7.12. The largest absolute Gasteiger partial charge is 0.392 e. The Morgan fingerprint density at radius 1 is 1.40 bits per heavy atom. The Bertz CT molecular complexity index is 581. The minimum absolute atomic E-state index is 0.141. The highest BCUT2D eigenvalue weighted by molar-refractivity contribution is 7.89. The Morgan fingerprint density at radius 3 is 2.65 bits per heavy atom. The van der Waals surface area contributed by atoms with Crippen LogP contribution in [0.4, 0.5) is 0 Å². The molecule has 0 radical (unpaired) electrons. The molecular formula is C15H23NO3S. The lowest BCUT2D eigenvalue weighted by molar-refractivity contribution is 0.281. The maximum absolute atomic E-state index is 12.7. The van der Waals surface area contributed by atoms with Gasteiger partial charge in [0.05, 0.1) is 11.5 Å². The second-order valence-electron chi connectivity index (χ2n) is 5.91. The van der Waals surface area contributed by atoms with E-state index in [-0.39, 0.29) is 6.61 Å². The fraction of sp³-hybridized carbons (Fsp3) is 0.600. The monoisotopic (exact) mass is 297 g/mol. The molecule has 0 aliphatic carbocycles. The Kier molecular flexibility index (Phi) is 4.52. The smallest absolute Gasteiger partial charge is 0.243 e. The van der Waals surface area contributed by atoms with E-state index in [2.05, 4.69) is 13.8 Å². The third-order valence-electron chi connectivity index (χ3n) is 4.18. The second kappa shape index (κ2) is 5.84. The Morgan fingerprint density at radius 2 is 2.10 bits per heavy atom. The SMILES string of the molecule is Cc1ccc(CO)cc1S(=O)(=O)N1CCC(C(C)C)C1. The predicted octanol–water partition coefficient (Wildman–Crippen LogP) is 2.15. The normalized spacial score (nSPS) is 20.8. The van der Waals surface area contributed by atoms with Gasteiger partial charge >= 0.3 is 0 Å². The van der Waals surface area contributed by atoms with Crippen LogP contribution in [0.2, 0.25) is 0 Å². The minimum Gasteiger partial charge on any atom is -0.392 e. The molecular weight excluding hydrogens is 274 g/mol. The molecule has 1 unspecified atom stereocenters. The lowest BCUT2D eigenvalue weighted by atomic mass is 9.96. The number of aliphatic hydroxyl groups is 1. The van der Waals surface area contributed by atoms with E-state index in [1.54, 1.807) is 29.4 Å². The van der Waals surface area contributed by atoms with Crippen molar-refractivity contribution >= 4 is 10.0 Å². The second-order valence-corrected chi connectivity index (χ2v) is 7.82. The molecule has 0 aromatic heterocycles. The number of benzene rings is 1. The van der Waals surface area contributed by atoms with E-state index in [4.69, 9.17) is 0 Å². The standard InChI is InChI=1S/C15H23NO3S/c1-11(2)14-6-7-16(9-14)20(18,19)15-8-13(10-17)5-4-12(15)3/h4-5,8,11,14,17H,6-7,9-10H2,1-3H3. The number of hydrogen-bond acceptors (Lipinski definition) is 3. The van der Waals surface area contributed by atoms with Gasteiger partial charge < -0.3 is 5.11 Å². The van der Waals surface area contributed by atoms with Gasteiger partial charge in [-0.3, -0.25) is 0 Å². The molecule has 1 heterocycles. The zero-order valence-corrected chi connectivity index (χ0v) is 13.2. The van der Waals surface area contributed by atoms with E-state index in [1.165, 1.54) is 0 Å². The molecule has 1 atom stereocenters. The predicted molar refractivity (Wildman–Crippen MR) is 78.8 cm³/mol. The van der Waals surface area contributed by atoms with E-state index < -0.39 is 10.0 Å². The van der Waals surface area contributed by atoms with Crippen molar-refractivity contribution < 1.29 is 13.5 Å². The molecule has 1 aliphatic heterocycles. The van der Waals surface area contributed by atoms with Gasteiger partial charge in [-0.05, 0) is 42.4 Å². The van der Waals surface area contributed by atoms with E-state index >= 15 is 0 Å². The van der Waals surface area contributed by atoms with Crippen LogP contribution in [-0.4, -0.2) is 30.9 Å². The van der Waals surface area contributed by atoms with Crippen molar-refractivity contribution in [1.29, 1.82) is 0 Å². The first-order chi connectivity index (χ1) is 9.36. The number of sulfonamides is 1. The van der Waals surface area contributed by atoms with Crippen molar-refractivity contribution in [3.05, 3.63) is 29.3 Å². The van der Waals surface area contributed by atoms with Crippen molar-refractivity contribution in [2.45, 2.75) is 38.7 Å². The molecule has 2 rings (SSSR count). The summed E-state index contributed by atoms with van der Waals surface area (Å²) >= 11 is 0. The first-order valence-corrected chi connectivity index (χ1v) is 8.50. The number of aryl methyl sites for hydroxylation is 1. The van der Waals surface area contributed by atoms with Gasteiger partial charge in [0.25, 0.3) is 0 Å². The van der Waals surface area contributed by atoms with Gasteiger partial charge in [-0.15, -0.1) is 0 Å². The van der Waals surface area contributed by atoms with Gasteiger partial charge in [0.15, 0.2) is 0 Å². The Labute approximate surface area is 121 Å². The van der Waals surface area contributed by atoms with Crippen molar-refractivity contribution in [2.24, 2.45) is 11.8 Å². The molecule has 112 valence electrons. The molecule has 0 spiro atoms.